The maximum Gasteiger partial charge on any atom is 0.262 e. The zero-order valence-corrected chi connectivity index (χ0v) is 13.8. The first-order valence-corrected chi connectivity index (χ1v) is 8.19. The van der Waals surface area contributed by atoms with Gasteiger partial charge in [-0.3, -0.25) is 4.72 Å². The summed E-state index contributed by atoms with van der Waals surface area (Å²) >= 11 is 0. The van der Waals surface area contributed by atoms with Crippen molar-refractivity contribution in [2.75, 3.05) is 18.9 Å². The fourth-order valence-corrected chi connectivity index (χ4v) is 3.61. The second-order valence-corrected chi connectivity index (χ2v) is 6.50. The molecule has 2 rings (SSSR count). The Balaban J connectivity index is 2.47. The number of benzene rings is 2. The van der Waals surface area contributed by atoms with Crippen LogP contribution in [0.3, 0.4) is 0 Å². The van der Waals surface area contributed by atoms with Gasteiger partial charge in [0.15, 0.2) is 0 Å². The third-order valence-electron chi connectivity index (χ3n) is 3.41. The summed E-state index contributed by atoms with van der Waals surface area (Å²) in [6.07, 6.45) is 0. The lowest BCUT2D eigenvalue weighted by Crippen LogP contribution is -2.15. The van der Waals surface area contributed by atoms with Crippen molar-refractivity contribution in [1.29, 1.82) is 0 Å². The van der Waals surface area contributed by atoms with Crippen LogP contribution < -0.4 is 14.2 Å². The molecule has 0 aliphatic rings. The maximum absolute atomic E-state index is 12.6. The van der Waals surface area contributed by atoms with Crippen LogP contribution in [0.2, 0.25) is 0 Å². The molecule has 0 fully saturated rings. The molecule has 5 nitrogen and oxygen atoms in total. The van der Waals surface area contributed by atoms with E-state index in [4.69, 9.17) is 9.47 Å². The number of methoxy groups -OCH3 is 2. The molecule has 0 saturated heterocycles. The van der Waals surface area contributed by atoms with Gasteiger partial charge in [-0.2, -0.15) is 0 Å². The molecule has 0 aliphatic carbocycles. The highest BCUT2D eigenvalue weighted by atomic mass is 32.2. The van der Waals surface area contributed by atoms with Crippen LogP contribution in [0.25, 0.3) is 0 Å². The minimum atomic E-state index is -3.68. The Hall–Kier alpha value is -2.21. The van der Waals surface area contributed by atoms with E-state index in [1.165, 1.54) is 7.11 Å². The van der Waals surface area contributed by atoms with Gasteiger partial charge in [-0.15, -0.1) is 0 Å². The third-order valence-corrected chi connectivity index (χ3v) is 4.93. The quantitative estimate of drug-likeness (QED) is 0.919. The van der Waals surface area contributed by atoms with Crippen LogP contribution in [0, 0.1) is 13.8 Å². The smallest absolute Gasteiger partial charge is 0.262 e. The van der Waals surface area contributed by atoms with E-state index in [0.717, 1.165) is 5.56 Å². The molecule has 0 radical (unpaired) electrons. The molecule has 0 heterocycles. The Morgan fingerprint density at radius 2 is 1.64 bits per heavy atom. The Bertz CT molecular complexity index is 785. The number of aryl methyl sites for hydroxylation is 1. The molecule has 118 valence electrons. The Morgan fingerprint density at radius 3 is 2.23 bits per heavy atom. The molecule has 22 heavy (non-hydrogen) atoms. The van der Waals surface area contributed by atoms with Crippen molar-refractivity contribution < 1.29 is 17.9 Å². The fraction of sp³-hybridized carbons (Fsp3) is 0.250. The van der Waals surface area contributed by atoms with Gasteiger partial charge in [0.05, 0.1) is 24.8 Å². The average Bonchev–Trinajstić information content (AvgIpc) is 2.47. The summed E-state index contributed by atoms with van der Waals surface area (Å²) in [5, 5.41) is 0. The van der Waals surface area contributed by atoms with Crippen molar-refractivity contribution in [2.45, 2.75) is 18.7 Å². The van der Waals surface area contributed by atoms with Gasteiger partial charge < -0.3 is 9.47 Å². The van der Waals surface area contributed by atoms with E-state index in [-0.39, 0.29) is 4.90 Å². The monoisotopic (exact) mass is 321 g/mol. The largest absolute Gasteiger partial charge is 0.496 e. The number of hydrogen-bond donors (Lipinski definition) is 1. The maximum atomic E-state index is 12.6. The van der Waals surface area contributed by atoms with Crippen LogP contribution in [0.4, 0.5) is 5.69 Å². The molecular weight excluding hydrogens is 302 g/mol. The SMILES string of the molecule is COc1ccc(NS(=O)(=O)c2ccccc2C)c(OC)c1C. The topological polar surface area (TPSA) is 64.6 Å². The molecule has 0 amide bonds. The van der Waals surface area contributed by atoms with E-state index in [0.29, 0.717) is 22.7 Å². The van der Waals surface area contributed by atoms with Crippen molar-refractivity contribution >= 4 is 15.7 Å². The molecule has 1 N–H and O–H groups in total. The molecule has 6 heteroatoms. The van der Waals surface area contributed by atoms with Gasteiger partial charge in [-0.05, 0) is 37.6 Å². The minimum absolute atomic E-state index is 0.241. The standard InChI is InChI=1S/C16H19NO4S/c1-11-7-5-6-8-15(11)22(18,19)17-13-9-10-14(20-3)12(2)16(13)21-4/h5-10,17H,1-4H3. The predicted molar refractivity (Wildman–Crippen MR) is 86.3 cm³/mol. The summed E-state index contributed by atoms with van der Waals surface area (Å²) in [6, 6.07) is 10.1. The van der Waals surface area contributed by atoms with Crippen LogP contribution in [-0.2, 0) is 10.0 Å². The van der Waals surface area contributed by atoms with Crippen molar-refractivity contribution in [2.24, 2.45) is 0 Å². The molecule has 0 aromatic heterocycles. The second kappa shape index (κ2) is 6.27. The van der Waals surface area contributed by atoms with Crippen molar-refractivity contribution in [3.05, 3.63) is 47.5 Å². The van der Waals surface area contributed by atoms with Crippen LogP contribution in [-0.4, -0.2) is 22.6 Å². The first-order valence-electron chi connectivity index (χ1n) is 6.70. The van der Waals surface area contributed by atoms with Gasteiger partial charge in [0.1, 0.15) is 11.5 Å². The normalized spacial score (nSPS) is 11.1. The highest BCUT2D eigenvalue weighted by Crippen LogP contribution is 2.36. The lowest BCUT2D eigenvalue weighted by molar-refractivity contribution is 0.390. The number of hydrogen-bond acceptors (Lipinski definition) is 4. The molecule has 0 aliphatic heterocycles. The number of nitrogens with one attached hydrogen (secondary N) is 1. The number of rotatable bonds is 5. The Kier molecular flexibility index (Phi) is 4.61. The lowest BCUT2D eigenvalue weighted by Gasteiger charge is -2.16. The highest BCUT2D eigenvalue weighted by molar-refractivity contribution is 7.92. The summed E-state index contributed by atoms with van der Waals surface area (Å²) < 4.78 is 38.2. The molecule has 0 unspecified atom stereocenters. The number of sulfonamides is 1. The van der Waals surface area contributed by atoms with Crippen molar-refractivity contribution in [3.63, 3.8) is 0 Å². The van der Waals surface area contributed by atoms with Gasteiger partial charge in [-0.1, -0.05) is 18.2 Å². The summed E-state index contributed by atoms with van der Waals surface area (Å²) in [4.78, 5) is 0.241. The van der Waals surface area contributed by atoms with E-state index < -0.39 is 10.0 Å². The average molecular weight is 321 g/mol. The van der Waals surface area contributed by atoms with Gasteiger partial charge in [-0.25, -0.2) is 8.42 Å². The summed E-state index contributed by atoms with van der Waals surface area (Å²) in [7, 11) is -0.636. The van der Waals surface area contributed by atoms with E-state index in [9.17, 15) is 8.42 Å². The third kappa shape index (κ3) is 3.01. The van der Waals surface area contributed by atoms with E-state index in [1.54, 1.807) is 50.4 Å². The lowest BCUT2D eigenvalue weighted by atomic mass is 10.2. The number of ether oxygens (including phenoxy) is 2. The van der Waals surface area contributed by atoms with Gasteiger partial charge in [0, 0.05) is 5.56 Å². The van der Waals surface area contributed by atoms with E-state index in [1.807, 2.05) is 6.92 Å². The first kappa shape index (κ1) is 16.2. The highest BCUT2D eigenvalue weighted by Gasteiger charge is 2.20. The molecular formula is C16H19NO4S. The second-order valence-electron chi connectivity index (χ2n) is 4.84. The summed E-state index contributed by atoms with van der Waals surface area (Å²) in [5.74, 6) is 1.08. The summed E-state index contributed by atoms with van der Waals surface area (Å²) in [6.45, 7) is 3.56. The molecule has 0 spiro atoms. The first-order chi connectivity index (χ1) is 10.4. The zero-order valence-electron chi connectivity index (χ0n) is 13.0. The number of anilines is 1. The molecule has 2 aromatic carbocycles. The molecule has 0 bridgehead atoms. The molecule has 0 atom stereocenters. The van der Waals surface area contributed by atoms with Crippen LogP contribution in [0.1, 0.15) is 11.1 Å². The van der Waals surface area contributed by atoms with E-state index in [2.05, 4.69) is 4.72 Å². The van der Waals surface area contributed by atoms with Crippen LogP contribution in [0.5, 0.6) is 11.5 Å². The van der Waals surface area contributed by atoms with Crippen molar-refractivity contribution in [1.82, 2.24) is 0 Å². The Morgan fingerprint density at radius 1 is 0.955 bits per heavy atom. The van der Waals surface area contributed by atoms with Gasteiger partial charge >= 0.3 is 0 Å². The van der Waals surface area contributed by atoms with Crippen LogP contribution in [0.15, 0.2) is 41.3 Å². The predicted octanol–water partition coefficient (Wildman–Crippen LogP) is 3.12. The van der Waals surface area contributed by atoms with Gasteiger partial charge in [0.25, 0.3) is 10.0 Å². The molecule has 2 aromatic rings. The van der Waals surface area contributed by atoms with E-state index >= 15 is 0 Å². The fourth-order valence-electron chi connectivity index (χ4n) is 2.30. The Labute approximate surface area is 130 Å². The molecule has 0 saturated carbocycles. The van der Waals surface area contributed by atoms with Crippen LogP contribution >= 0.6 is 0 Å². The minimum Gasteiger partial charge on any atom is -0.496 e. The van der Waals surface area contributed by atoms with Gasteiger partial charge in [0.2, 0.25) is 0 Å². The summed E-state index contributed by atoms with van der Waals surface area (Å²) in [5.41, 5.74) is 1.79. The zero-order chi connectivity index (χ0) is 16.3. The van der Waals surface area contributed by atoms with Crippen molar-refractivity contribution in [3.8, 4) is 11.5 Å².